The molecule has 0 amide bonds. The number of aliphatic hydroxyl groups is 1. The first-order valence-corrected chi connectivity index (χ1v) is 3.05. The van der Waals surface area contributed by atoms with Gasteiger partial charge in [-0.15, -0.1) is 6.58 Å². The topological polar surface area (TPSA) is 46.5 Å². The van der Waals surface area contributed by atoms with Crippen LogP contribution in [-0.4, -0.2) is 23.3 Å². The molecule has 10 heavy (non-hydrogen) atoms. The van der Waals surface area contributed by atoms with Crippen molar-refractivity contribution in [2.75, 3.05) is 0 Å². The van der Waals surface area contributed by atoms with Crippen LogP contribution in [0.25, 0.3) is 0 Å². The summed E-state index contributed by atoms with van der Waals surface area (Å²) in [6.45, 7) is 6.25. The lowest BCUT2D eigenvalue weighted by molar-refractivity contribution is -0.149. The van der Waals surface area contributed by atoms with E-state index in [1.807, 2.05) is 0 Å². The van der Waals surface area contributed by atoms with E-state index in [9.17, 15) is 4.79 Å². The first-order valence-electron chi connectivity index (χ1n) is 3.05. The van der Waals surface area contributed by atoms with Crippen molar-refractivity contribution >= 4 is 5.97 Å². The van der Waals surface area contributed by atoms with Crippen LogP contribution in [0.15, 0.2) is 12.7 Å². The molecule has 0 aromatic heterocycles. The maximum Gasteiger partial charge on any atom is 0.302 e. The van der Waals surface area contributed by atoms with Gasteiger partial charge < -0.3 is 9.84 Å². The second-order valence-corrected chi connectivity index (χ2v) is 2.04. The number of ether oxygens (including phenoxy) is 1. The van der Waals surface area contributed by atoms with Crippen LogP contribution < -0.4 is 0 Å². The normalized spacial score (nSPS) is 15.5. The fourth-order valence-corrected chi connectivity index (χ4v) is 0.523. The van der Waals surface area contributed by atoms with E-state index < -0.39 is 18.2 Å². The number of rotatable bonds is 3. The Morgan fingerprint density at radius 1 is 1.80 bits per heavy atom. The SMILES string of the molecule is C=CC(O)C(C)OC(C)=O. The standard InChI is InChI=1S/C7H12O3/c1-4-7(9)5(2)10-6(3)8/h4-5,7,9H,1H2,2-3H3. The molecule has 0 spiro atoms. The molecule has 0 aliphatic rings. The zero-order valence-corrected chi connectivity index (χ0v) is 6.20. The Balaban J connectivity index is 3.71. The maximum atomic E-state index is 10.3. The van der Waals surface area contributed by atoms with Gasteiger partial charge in [-0.1, -0.05) is 6.08 Å². The summed E-state index contributed by atoms with van der Waals surface area (Å²) in [7, 11) is 0. The van der Waals surface area contributed by atoms with Crippen LogP contribution in [0.1, 0.15) is 13.8 Å². The van der Waals surface area contributed by atoms with Crippen molar-refractivity contribution in [2.24, 2.45) is 0 Å². The average molecular weight is 144 g/mol. The minimum atomic E-state index is -0.774. The largest absolute Gasteiger partial charge is 0.460 e. The van der Waals surface area contributed by atoms with Gasteiger partial charge in [-0.3, -0.25) is 4.79 Å². The molecule has 1 N–H and O–H groups in total. The Bertz CT molecular complexity index is 131. The molecule has 0 aromatic carbocycles. The molecule has 3 nitrogen and oxygen atoms in total. The monoisotopic (exact) mass is 144 g/mol. The van der Waals surface area contributed by atoms with E-state index in [-0.39, 0.29) is 0 Å². The van der Waals surface area contributed by atoms with Gasteiger partial charge in [-0.05, 0) is 6.92 Å². The van der Waals surface area contributed by atoms with Crippen LogP contribution in [-0.2, 0) is 9.53 Å². The molecule has 0 rings (SSSR count). The Morgan fingerprint density at radius 3 is 2.60 bits per heavy atom. The third-order valence-electron chi connectivity index (χ3n) is 1.07. The molecule has 0 aromatic rings. The molecule has 0 saturated carbocycles. The summed E-state index contributed by atoms with van der Waals surface area (Å²) in [5, 5.41) is 8.98. The highest BCUT2D eigenvalue weighted by Crippen LogP contribution is 1.98. The van der Waals surface area contributed by atoms with Crippen molar-refractivity contribution < 1.29 is 14.6 Å². The minimum Gasteiger partial charge on any atom is -0.460 e. The van der Waals surface area contributed by atoms with Crippen LogP contribution in [0.2, 0.25) is 0 Å². The van der Waals surface area contributed by atoms with E-state index in [0.717, 1.165) is 0 Å². The third-order valence-corrected chi connectivity index (χ3v) is 1.07. The van der Waals surface area contributed by atoms with Crippen molar-refractivity contribution in [3.05, 3.63) is 12.7 Å². The summed E-state index contributed by atoms with van der Waals surface area (Å²) in [6.07, 6.45) is 0.0482. The predicted octanol–water partition coefficient (Wildman–Crippen LogP) is 0.485. The molecule has 0 heterocycles. The van der Waals surface area contributed by atoms with E-state index in [4.69, 9.17) is 5.11 Å². The van der Waals surface area contributed by atoms with Crippen LogP contribution in [0.4, 0.5) is 0 Å². The molecule has 0 saturated heterocycles. The van der Waals surface area contributed by atoms with Gasteiger partial charge in [0.2, 0.25) is 0 Å². The summed E-state index contributed by atoms with van der Waals surface area (Å²) in [4.78, 5) is 10.3. The van der Waals surface area contributed by atoms with Gasteiger partial charge in [0, 0.05) is 6.92 Å². The van der Waals surface area contributed by atoms with Gasteiger partial charge in [0.25, 0.3) is 0 Å². The lowest BCUT2D eigenvalue weighted by atomic mass is 10.2. The second kappa shape index (κ2) is 4.06. The van der Waals surface area contributed by atoms with E-state index in [0.29, 0.717) is 0 Å². The van der Waals surface area contributed by atoms with E-state index in [1.165, 1.54) is 13.0 Å². The van der Waals surface area contributed by atoms with Crippen molar-refractivity contribution in [3.8, 4) is 0 Å². The Kier molecular flexibility index (Phi) is 3.72. The minimum absolute atomic E-state index is 0.395. The van der Waals surface area contributed by atoms with Gasteiger partial charge in [0.05, 0.1) is 0 Å². The van der Waals surface area contributed by atoms with Crippen molar-refractivity contribution in [2.45, 2.75) is 26.1 Å². The van der Waals surface area contributed by atoms with Crippen LogP contribution in [0, 0.1) is 0 Å². The molecule has 0 aliphatic heterocycles. The number of carbonyl (C=O) groups excluding carboxylic acids is 1. The fourth-order valence-electron chi connectivity index (χ4n) is 0.523. The van der Waals surface area contributed by atoms with Gasteiger partial charge >= 0.3 is 5.97 Å². The Morgan fingerprint density at radius 2 is 2.30 bits per heavy atom. The lowest BCUT2D eigenvalue weighted by Gasteiger charge is -2.14. The summed E-state index contributed by atoms with van der Waals surface area (Å²) in [5.74, 6) is -0.395. The van der Waals surface area contributed by atoms with Gasteiger partial charge in [0.15, 0.2) is 0 Å². The quantitative estimate of drug-likeness (QED) is 0.463. The molecule has 0 bridgehead atoms. The fraction of sp³-hybridized carbons (Fsp3) is 0.571. The first kappa shape index (κ1) is 9.17. The molecule has 2 unspecified atom stereocenters. The number of carbonyl (C=O) groups is 1. The molecule has 0 aliphatic carbocycles. The van der Waals surface area contributed by atoms with Crippen molar-refractivity contribution in [3.63, 3.8) is 0 Å². The van der Waals surface area contributed by atoms with E-state index in [1.54, 1.807) is 6.92 Å². The van der Waals surface area contributed by atoms with Crippen molar-refractivity contribution in [1.82, 2.24) is 0 Å². The molecule has 2 atom stereocenters. The molecular weight excluding hydrogens is 132 g/mol. The highest BCUT2D eigenvalue weighted by atomic mass is 16.6. The summed E-state index contributed by atoms with van der Waals surface area (Å²) in [5.41, 5.74) is 0. The second-order valence-electron chi connectivity index (χ2n) is 2.04. The van der Waals surface area contributed by atoms with Gasteiger partial charge in [-0.2, -0.15) is 0 Å². The highest BCUT2D eigenvalue weighted by molar-refractivity contribution is 5.66. The van der Waals surface area contributed by atoms with Crippen LogP contribution >= 0.6 is 0 Å². The number of hydrogen-bond donors (Lipinski definition) is 1. The van der Waals surface area contributed by atoms with Crippen LogP contribution in [0.3, 0.4) is 0 Å². The van der Waals surface area contributed by atoms with Gasteiger partial charge in [-0.25, -0.2) is 0 Å². The molecule has 58 valence electrons. The summed E-state index contributed by atoms with van der Waals surface area (Å²) < 4.78 is 4.64. The average Bonchev–Trinajstić information content (AvgIpc) is 1.85. The first-order chi connectivity index (χ1) is 4.57. The summed E-state index contributed by atoms with van der Waals surface area (Å²) in [6, 6.07) is 0. The number of esters is 1. The molecule has 3 heteroatoms. The Labute approximate surface area is 60.3 Å². The van der Waals surface area contributed by atoms with Crippen molar-refractivity contribution in [1.29, 1.82) is 0 Å². The smallest absolute Gasteiger partial charge is 0.302 e. The lowest BCUT2D eigenvalue weighted by Crippen LogP contribution is -2.25. The molecule has 0 radical (unpaired) electrons. The van der Waals surface area contributed by atoms with Gasteiger partial charge in [0.1, 0.15) is 12.2 Å². The Hall–Kier alpha value is -0.830. The third kappa shape index (κ3) is 3.25. The van der Waals surface area contributed by atoms with E-state index in [2.05, 4.69) is 11.3 Å². The predicted molar refractivity (Wildman–Crippen MR) is 37.4 cm³/mol. The zero-order valence-electron chi connectivity index (χ0n) is 6.20. The van der Waals surface area contributed by atoms with E-state index >= 15 is 0 Å². The number of hydrogen-bond acceptors (Lipinski definition) is 3. The number of aliphatic hydroxyl groups excluding tert-OH is 1. The molecule has 0 fully saturated rings. The maximum absolute atomic E-state index is 10.3. The van der Waals surface area contributed by atoms with Crippen LogP contribution in [0.5, 0.6) is 0 Å². The highest BCUT2D eigenvalue weighted by Gasteiger charge is 2.12. The zero-order chi connectivity index (χ0) is 8.15. The molecular formula is C7H12O3. The summed E-state index contributed by atoms with van der Waals surface area (Å²) >= 11 is 0.